The fourth-order valence-corrected chi connectivity index (χ4v) is 1.51. The molecule has 0 aromatic heterocycles. The number of amides is 1. The average Bonchev–Trinajstić information content (AvgIpc) is 2.24. The van der Waals surface area contributed by atoms with Crippen molar-refractivity contribution in [3.8, 4) is 0 Å². The van der Waals surface area contributed by atoms with Crippen LogP contribution in [0.5, 0.6) is 0 Å². The van der Waals surface area contributed by atoms with Gasteiger partial charge in [-0.2, -0.15) is 0 Å². The predicted octanol–water partition coefficient (Wildman–Crippen LogP) is 2.43. The number of ether oxygens (including phenoxy) is 1. The minimum Gasteiger partial charge on any atom is -0.367 e. The average molecular weight is 248 g/mol. The van der Waals surface area contributed by atoms with Crippen LogP contribution >= 0.6 is 23.2 Å². The van der Waals surface area contributed by atoms with Crippen molar-refractivity contribution >= 4 is 29.1 Å². The largest absolute Gasteiger partial charge is 0.367 e. The lowest BCUT2D eigenvalue weighted by Crippen LogP contribution is -2.26. The van der Waals surface area contributed by atoms with Gasteiger partial charge >= 0.3 is 0 Å². The Balaban J connectivity index is 3.02. The Bertz CT molecular complexity index is 368. The SMILES string of the molecule is CNC(=O)C(OC)c1ccc(Cl)c(Cl)c1. The zero-order chi connectivity index (χ0) is 11.4. The molecule has 3 nitrogen and oxygen atoms in total. The van der Waals surface area contributed by atoms with Gasteiger partial charge in [-0.15, -0.1) is 0 Å². The van der Waals surface area contributed by atoms with Crippen molar-refractivity contribution in [2.24, 2.45) is 0 Å². The molecule has 1 rings (SSSR count). The van der Waals surface area contributed by atoms with Gasteiger partial charge in [-0.05, 0) is 17.7 Å². The van der Waals surface area contributed by atoms with E-state index in [1.165, 1.54) is 7.11 Å². The highest BCUT2D eigenvalue weighted by molar-refractivity contribution is 6.42. The van der Waals surface area contributed by atoms with Gasteiger partial charge in [0.2, 0.25) is 0 Å². The lowest BCUT2D eigenvalue weighted by molar-refractivity contribution is -0.130. The Morgan fingerprint density at radius 2 is 2.07 bits per heavy atom. The van der Waals surface area contributed by atoms with Crippen molar-refractivity contribution in [2.45, 2.75) is 6.10 Å². The van der Waals surface area contributed by atoms with Crippen molar-refractivity contribution in [1.29, 1.82) is 0 Å². The zero-order valence-electron chi connectivity index (χ0n) is 8.38. The minimum absolute atomic E-state index is 0.226. The number of methoxy groups -OCH3 is 1. The summed E-state index contributed by atoms with van der Waals surface area (Å²) < 4.78 is 5.07. The third-order valence-electron chi connectivity index (χ3n) is 1.97. The first kappa shape index (κ1) is 12.3. The van der Waals surface area contributed by atoms with Gasteiger partial charge in [-0.1, -0.05) is 29.3 Å². The van der Waals surface area contributed by atoms with Crippen molar-refractivity contribution in [2.75, 3.05) is 14.2 Å². The second-order valence-electron chi connectivity index (χ2n) is 2.90. The van der Waals surface area contributed by atoms with Crippen LogP contribution in [0.4, 0.5) is 0 Å². The molecular weight excluding hydrogens is 237 g/mol. The minimum atomic E-state index is -0.662. The lowest BCUT2D eigenvalue weighted by Gasteiger charge is -2.14. The second-order valence-corrected chi connectivity index (χ2v) is 3.72. The van der Waals surface area contributed by atoms with E-state index in [9.17, 15) is 4.79 Å². The van der Waals surface area contributed by atoms with E-state index < -0.39 is 6.10 Å². The van der Waals surface area contributed by atoms with Crippen molar-refractivity contribution < 1.29 is 9.53 Å². The van der Waals surface area contributed by atoms with Gasteiger partial charge in [-0.25, -0.2) is 0 Å². The summed E-state index contributed by atoms with van der Waals surface area (Å²) >= 11 is 11.6. The highest BCUT2D eigenvalue weighted by Gasteiger charge is 2.19. The van der Waals surface area contributed by atoms with Crippen LogP contribution in [0.1, 0.15) is 11.7 Å². The van der Waals surface area contributed by atoms with Crippen molar-refractivity contribution in [1.82, 2.24) is 5.32 Å². The number of rotatable bonds is 3. The summed E-state index contributed by atoms with van der Waals surface area (Å²) in [6.45, 7) is 0. The summed E-state index contributed by atoms with van der Waals surface area (Å²) in [5, 5.41) is 3.36. The first-order valence-electron chi connectivity index (χ1n) is 4.29. The lowest BCUT2D eigenvalue weighted by atomic mass is 10.1. The van der Waals surface area contributed by atoms with E-state index in [0.717, 1.165) is 0 Å². The molecule has 5 heteroatoms. The Kier molecular flexibility index (Phi) is 4.39. The molecule has 0 aliphatic rings. The number of nitrogens with one attached hydrogen (secondary N) is 1. The molecular formula is C10H11Cl2NO2. The van der Waals surface area contributed by atoms with Gasteiger partial charge in [-0.3, -0.25) is 4.79 Å². The number of carbonyl (C=O) groups excluding carboxylic acids is 1. The van der Waals surface area contributed by atoms with Crippen LogP contribution in [0.3, 0.4) is 0 Å². The van der Waals surface area contributed by atoms with Crippen LogP contribution in [0.2, 0.25) is 10.0 Å². The van der Waals surface area contributed by atoms with E-state index >= 15 is 0 Å². The summed E-state index contributed by atoms with van der Waals surface area (Å²) in [5.74, 6) is -0.226. The summed E-state index contributed by atoms with van der Waals surface area (Å²) in [6, 6.07) is 4.96. The second kappa shape index (κ2) is 5.35. The van der Waals surface area contributed by atoms with Gasteiger partial charge in [0.25, 0.3) is 5.91 Å². The third-order valence-corrected chi connectivity index (χ3v) is 2.71. The Morgan fingerprint density at radius 1 is 1.40 bits per heavy atom. The zero-order valence-corrected chi connectivity index (χ0v) is 9.89. The molecule has 1 amide bonds. The van der Waals surface area contributed by atoms with Crippen LogP contribution in [0.25, 0.3) is 0 Å². The normalized spacial score (nSPS) is 12.3. The molecule has 0 radical (unpaired) electrons. The molecule has 1 unspecified atom stereocenters. The topological polar surface area (TPSA) is 38.3 Å². The van der Waals surface area contributed by atoms with E-state index in [4.69, 9.17) is 27.9 Å². The maximum Gasteiger partial charge on any atom is 0.253 e. The molecule has 1 aromatic rings. The van der Waals surface area contributed by atoms with Crippen LogP contribution in [-0.4, -0.2) is 20.1 Å². The highest BCUT2D eigenvalue weighted by Crippen LogP contribution is 2.26. The first-order valence-corrected chi connectivity index (χ1v) is 5.05. The van der Waals surface area contributed by atoms with Crippen molar-refractivity contribution in [3.05, 3.63) is 33.8 Å². The van der Waals surface area contributed by atoms with Crippen LogP contribution in [-0.2, 0) is 9.53 Å². The van der Waals surface area contributed by atoms with Gasteiger partial charge in [0, 0.05) is 14.2 Å². The Morgan fingerprint density at radius 3 is 2.53 bits per heavy atom. The van der Waals surface area contributed by atoms with E-state index in [0.29, 0.717) is 15.6 Å². The molecule has 0 spiro atoms. The highest BCUT2D eigenvalue weighted by atomic mass is 35.5. The molecule has 0 aliphatic heterocycles. The molecule has 82 valence electrons. The molecule has 15 heavy (non-hydrogen) atoms. The predicted molar refractivity (Wildman–Crippen MR) is 60.3 cm³/mol. The van der Waals surface area contributed by atoms with Crippen LogP contribution in [0, 0.1) is 0 Å². The molecule has 1 aromatic carbocycles. The van der Waals surface area contributed by atoms with Crippen molar-refractivity contribution in [3.63, 3.8) is 0 Å². The smallest absolute Gasteiger partial charge is 0.253 e. The number of halogens is 2. The van der Waals surface area contributed by atoms with Gasteiger partial charge < -0.3 is 10.1 Å². The third kappa shape index (κ3) is 2.84. The van der Waals surface area contributed by atoms with E-state index in [1.54, 1.807) is 25.2 Å². The van der Waals surface area contributed by atoms with E-state index in [-0.39, 0.29) is 5.91 Å². The fraction of sp³-hybridized carbons (Fsp3) is 0.300. The standard InChI is InChI=1S/C10H11Cl2NO2/c1-13-10(14)9(15-2)6-3-4-7(11)8(12)5-6/h3-5,9H,1-2H3,(H,13,14). The van der Waals surface area contributed by atoms with Crippen LogP contribution in [0.15, 0.2) is 18.2 Å². The number of hydrogen-bond donors (Lipinski definition) is 1. The molecule has 0 fully saturated rings. The Hall–Kier alpha value is -0.770. The molecule has 1 atom stereocenters. The maximum absolute atomic E-state index is 11.4. The monoisotopic (exact) mass is 247 g/mol. The summed E-state index contributed by atoms with van der Waals surface area (Å²) in [6.07, 6.45) is -0.662. The Labute approximate surface area is 98.3 Å². The molecule has 0 saturated heterocycles. The number of carbonyl (C=O) groups is 1. The van der Waals surface area contributed by atoms with Crippen LogP contribution < -0.4 is 5.32 Å². The van der Waals surface area contributed by atoms with Gasteiger partial charge in [0.15, 0.2) is 6.10 Å². The summed E-state index contributed by atoms with van der Waals surface area (Å²) in [5.41, 5.74) is 0.672. The first-order chi connectivity index (χ1) is 7.10. The van der Waals surface area contributed by atoms with Gasteiger partial charge in [0.1, 0.15) is 0 Å². The molecule has 0 bridgehead atoms. The molecule has 1 N–H and O–H groups in total. The van der Waals surface area contributed by atoms with E-state index in [2.05, 4.69) is 5.32 Å². The number of benzene rings is 1. The molecule has 0 heterocycles. The van der Waals surface area contributed by atoms with E-state index in [1.807, 2.05) is 0 Å². The fourth-order valence-electron chi connectivity index (χ4n) is 1.20. The van der Waals surface area contributed by atoms with Gasteiger partial charge in [0.05, 0.1) is 10.0 Å². The summed E-state index contributed by atoms with van der Waals surface area (Å²) in [4.78, 5) is 11.4. The maximum atomic E-state index is 11.4. The quantitative estimate of drug-likeness (QED) is 0.892. The summed E-state index contributed by atoms with van der Waals surface area (Å²) in [7, 11) is 3.01. The number of likely N-dealkylation sites (N-methyl/N-ethyl adjacent to an activating group) is 1. The molecule has 0 aliphatic carbocycles. The molecule has 0 saturated carbocycles. The number of hydrogen-bond acceptors (Lipinski definition) is 2.